The minimum Gasteiger partial charge on any atom is -0.494 e. The molecule has 0 saturated carbocycles. The smallest absolute Gasteiger partial charge is 0.188 e. The fourth-order valence-electron chi connectivity index (χ4n) is 1.93. The van der Waals surface area contributed by atoms with Gasteiger partial charge in [0.2, 0.25) is 0 Å². The van der Waals surface area contributed by atoms with Crippen LogP contribution in [0.25, 0.3) is 10.2 Å². The summed E-state index contributed by atoms with van der Waals surface area (Å²) in [5, 5.41) is 12.9. The Balaban J connectivity index is 1.93. The molecule has 0 fully saturated rings. The molecule has 0 aliphatic carbocycles. The van der Waals surface area contributed by atoms with E-state index in [4.69, 9.17) is 10.00 Å². The predicted octanol–water partition coefficient (Wildman–Crippen LogP) is 3.71. The summed E-state index contributed by atoms with van der Waals surface area (Å²) in [6.07, 6.45) is 1.59. The van der Waals surface area contributed by atoms with Crippen LogP contribution < -0.4 is 10.1 Å². The maximum atomic E-state index is 9.05. The zero-order chi connectivity index (χ0) is 14.7. The number of nitrogens with one attached hydrogen (secondary N) is 1. The van der Waals surface area contributed by atoms with Gasteiger partial charge in [0.05, 0.1) is 22.5 Å². The molecule has 3 aromatic rings. The lowest BCUT2D eigenvalue weighted by molar-refractivity contribution is 0.341. The molecule has 0 aliphatic heterocycles. The van der Waals surface area contributed by atoms with E-state index in [1.54, 1.807) is 12.3 Å². The summed E-state index contributed by atoms with van der Waals surface area (Å²) in [5.41, 5.74) is 1.91. The molecule has 3 rings (SSSR count). The Bertz CT molecular complexity index is 822. The number of aromatic nitrogens is 2. The first kappa shape index (κ1) is 13.3. The third-order valence-corrected chi connectivity index (χ3v) is 3.76. The van der Waals surface area contributed by atoms with Gasteiger partial charge in [0.1, 0.15) is 11.8 Å². The van der Waals surface area contributed by atoms with Crippen molar-refractivity contribution in [2.75, 3.05) is 11.9 Å². The van der Waals surface area contributed by atoms with E-state index >= 15 is 0 Å². The van der Waals surface area contributed by atoms with Gasteiger partial charge >= 0.3 is 0 Å². The molecule has 0 spiro atoms. The van der Waals surface area contributed by atoms with Gasteiger partial charge in [0.25, 0.3) is 0 Å². The van der Waals surface area contributed by atoms with E-state index in [-0.39, 0.29) is 0 Å². The van der Waals surface area contributed by atoms with Crippen LogP contribution in [0, 0.1) is 11.3 Å². The Morgan fingerprint density at radius 3 is 3.10 bits per heavy atom. The fourth-order valence-corrected chi connectivity index (χ4v) is 2.83. The topological polar surface area (TPSA) is 70.8 Å². The zero-order valence-corrected chi connectivity index (χ0v) is 12.1. The summed E-state index contributed by atoms with van der Waals surface area (Å²) in [6, 6.07) is 11.4. The number of hydrogen-bond donors (Lipinski definition) is 1. The van der Waals surface area contributed by atoms with E-state index in [1.165, 1.54) is 11.3 Å². The molecule has 1 N–H and O–H groups in total. The van der Waals surface area contributed by atoms with Crippen LogP contribution in [-0.2, 0) is 0 Å². The summed E-state index contributed by atoms with van der Waals surface area (Å²) in [6.45, 7) is 2.59. The Labute approximate surface area is 125 Å². The van der Waals surface area contributed by atoms with E-state index in [1.807, 2.05) is 31.2 Å². The highest BCUT2D eigenvalue weighted by Crippen LogP contribution is 2.31. The predicted molar refractivity (Wildman–Crippen MR) is 83.0 cm³/mol. The van der Waals surface area contributed by atoms with Crippen LogP contribution in [0.3, 0.4) is 0 Å². The number of benzene rings is 1. The van der Waals surface area contributed by atoms with Crippen molar-refractivity contribution < 1.29 is 4.74 Å². The van der Waals surface area contributed by atoms with Gasteiger partial charge < -0.3 is 10.1 Å². The van der Waals surface area contributed by atoms with Crippen molar-refractivity contribution in [3.05, 3.63) is 42.2 Å². The highest BCUT2D eigenvalue weighted by molar-refractivity contribution is 7.22. The molecule has 0 amide bonds. The molecule has 6 heteroatoms. The standard InChI is InChI=1S/C15H12N4OS/c1-2-20-10-5-6-12-14(8-10)21-15(19-12)18-11-4-3-7-17-13(11)9-16/h3-8H,2H2,1H3,(H,18,19). The molecule has 0 saturated heterocycles. The van der Waals surface area contributed by atoms with Crippen molar-refractivity contribution in [3.63, 3.8) is 0 Å². The van der Waals surface area contributed by atoms with Crippen molar-refractivity contribution in [1.29, 1.82) is 5.26 Å². The maximum Gasteiger partial charge on any atom is 0.188 e. The average Bonchev–Trinajstić information content (AvgIpc) is 2.89. The summed E-state index contributed by atoms with van der Waals surface area (Å²) in [7, 11) is 0. The molecule has 2 aromatic heterocycles. The minimum atomic E-state index is 0.353. The first-order valence-corrected chi connectivity index (χ1v) is 7.27. The van der Waals surface area contributed by atoms with Gasteiger partial charge in [-0.1, -0.05) is 11.3 Å². The summed E-state index contributed by atoms with van der Waals surface area (Å²) >= 11 is 1.51. The van der Waals surface area contributed by atoms with E-state index in [0.29, 0.717) is 18.0 Å². The van der Waals surface area contributed by atoms with E-state index in [9.17, 15) is 0 Å². The van der Waals surface area contributed by atoms with E-state index in [2.05, 4.69) is 21.4 Å². The lowest BCUT2D eigenvalue weighted by atomic mass is 10.3. The van der Waals surface area contributed by atoms with Crippen LogP contribution in [0.1, 0.15) is 12.6 Å². The Kier molecular flexibility index (Phi) is 3.67. The summed E-state index contributed by atoms with van der Waals surface area (Å²) in [5.74, 6) is 0.833. The average molecular weight is 296 g/mol. The molecule has 0 unspecified atom stereocenters. The van der Waals surface area contributed by atoms with E-state index in [0.717, 1.165) is 21.1 Å². The number of nitriles is 1. The molecular formula is C15H12N4OS. The molecule has 1 aromatic carbocycles. The normalized spacial score (nSPS) is 10.3. The van der Waals surface area contributed by atoms with Crippen LogP contribution in [0.4, 0.5) is 10.8 Å². The van der Waals surface area contributed by atoms with Gasteiger partial charge in [-0.15, -0.1) is 0 Å². The van der Waals surface area contributed by atoms with Gasteiger partial charge in [-0.2, -0.15) is 5.26 Å². The van der Waals surface area contributed by atoms with Crippen molar-refractivity contribution >= 4 is 32.4 Å². The van der Waals surface area contributed by atoms with Crippen LogP contribution in [-0.4, -0.2) is 16.6 Å². The fraction of sp³-hybridized carbons (Fsp3) is 0.133. The lowest BCUT2D eigenvalue weighted by Crippen LogP contribution is -1.94. The Morgan fingerprint density at radius 2 is 2.29 bits per heavy atom. The number of thiazole rings is 1. The number of pyridine rings is 1. The Morgan fingerprint density at radius 1 is 1.38 bits per heavy atom. The summed E-state index contributed by atoms with van der Waals surface area (Å²) in [4.78, 5) is 8.52. The third-order valence-electron chi connectivity index (χ3n) is 2.83. The first-order chi connectivity index (χ1) is 10.3. The second-order valence-electron chi connectivity index (χ2n) is 4.22. The van der Waals surface area contributed by atoms with Gasteiger partial charge in [-0.05, 0) is 37.3 Å². The van der Waals surface area contributed by atoms with Crippen LogP contribution >= 0.6 is 11.3 Å². The molecule has 104 valence electrons. The number of anilines is 2. The molecule has 5 nitrogen and oxygen atoms in total. The van der Waals surface area contributed by atoms with Crippen molar-refractivity contribution in [2.24, 2.45) is 0 Å². The molecule has 0 bridgehead atoms. The quantitative estimate of drug-likeness (QED) is 0.794. The SMILES string of the molecule is CCOc1ccc2nc(Nc3cccnc3C#N)sc2c1. The van der Waals surface area contributed by atoms with Gasteiger partial charge in [-0.3, -0.25) is 0 Å². The van der Waals surface area contributed by atoms with Crippen LogP contribution in [0.5, 0.6) is 5.75 Å². The number of rotatable bonds is 4. The van der Waals surface area contributed by atoms with Crippen LogP contribution in [0.2, 0.25) is 0 Å². The van der Waals surface area contributed by atoms with Gasteiger partial charge in [0, 0.05) is 6.20 Å². The highest BCUT2D eigenvalue weighted by atomic mass is 32.1. The molecule has 0 atom stereocenters. The molecular weight excluding hydrogens is 284 g/mol. The van der Waals surface area contributed by atoms with Crippen molar-refractivity contribution in [2.45, 2.75) is 6.92 Å². The van der Waals surface area contributed by atoms with Crippen molar-refractivity contribution in [3.8, 4) is 11.8 Å². The highest BCUT2D eigenvalue weighted by Gasteiger charge is 2.08. The number of fused-ring (bicyclic) bond motifs is 1. The third kappa shape index (κ3) is 2.78. The molecule has 0 radical (unpaired) electrons. The number of ether oxygens (including phenoxy) is 1. The van der Waals surface area contributed by atoms with Crippen LogP contribution in [0.15, 0.2) is 36.5 Å². The maximum absolute atomic E-state index is 9.05. The summed E-state index contributed by atoms with van der Waals surface area (Å²) < 4.78 is 6.52. The van der Waals surface area contributed by atoms with Gasteiger partial charge in [-0.25, -0.2) is 9.97 Å². The lowest BCUT2D eigenvalue weighted by Gasteiger charge is -2.02. The molecule has 21 heavy (non-hydrogen) atoms. The monoisotopic (exact) mass is 296 g/mol. The van der Waals surface area contributed by atoms with Gasteiger partial charge in [0.15, 0.2) is 10.8 Å². The number of hydrogen-bond acceptors (Lipinski definition) is 6. The Hall–Kier alpha value is -2.65. The second kappa shape index (κ2) is 5.77. The number of nitrogens with zero attached hydrogens (tertiary/aromatic N) is 3. The van der Waals surface area contributed by atoms with E-state index < -0.39 is 0 Å². The molecule has 2 heterocycles. The van der Waals surface area contributed by atoms with Crippen molar-refractivity contribution in [1.82, 2.24) is 9.97 Å². The second-order valence-corrected chi connectivity index (χ2v) is 5.25. The largest absolute Gasteiger partial charge is 0.494 e. The first-order valence-electron chi connectivity index (χ1n) is 6.45. The molecule has 0 aliphatic rings. The zero-order valence-electron chi connectivity index (χ0n) is 11.3. The minimum absolute atomic E-state index is 0.353.